The first-order chi connectivity index (χ1) is 7.86. The third-order valence-corrected chi connectivity index (χ3v) is 3.79. The fourth-order valence-electron chi connectivity index (χ4n) is 2.87. The lowest BCUT2D eigenvalue weighted by atomic mass is 9.95. The Morgan fingerprint density at radius 2 is 2.50 bits per heavy atom. The number of imidazole rings is 1. The Labute approximate surface area is 96.0 Å². The highest BCUT2D eigenvalue weighted by Crippen LogP contribution is 2.34. The molecule has 16 heavy (non-hydrogen) atoms. The SMILES string of the molecule is CCn1cncc1CNC1CC2CCC1O2. The lowest BCUT2D eigenvalue weighted by Crippen LogP contribution is -2.37. The van der Waals surface area contributed by atoms with Gasteiger partial charge in [-0.15, -0.1) is 0 Å². The van der Waals surface area contributed by atoms with E-state index in [9.17, 15) is 0 Å². The zero-order chi connectivity index (χ0) is 11.0. The Morgan fingerprint density at radius 1 is 1.56 bits per heavy atom. The molecule has 3 rings (SSSR count). The van der Waals surface area contributed by atoms with E-state index in [1.807, 2.05) is 12.5 Å². The largest absolute Gasteiger partial charge is 0.373 e. The van der Waals surface area contributed by atoms with Gasteiger partial charge in [-0.1, -0.05) is 0 Å². The van der Waals surface area contributed by atoms with Crippen LogP contribution in [0.5, 0.6) is 0 Å². The Balaban J connectivity index is 1.57. The Morgan fingerprint density at radius 3 is 3.19 bits per heavy atom. The molecule has 0 amide bonds. The van der Waals surface area contributed by atoms with Gasteiger partial charge in [-0.05, 0) is 26.2 Å². The predicted molar refractivity (Wildman–Crippen MR) is 61.0 cm³/mol. The fourth-order valence-corrected chi connectivity index (χ4v) is 2.87. The van der Waals surface area contributed by atoms with Gasteiger partial charge in [0.1, 0.15) is 0 Å². The van der Waals surface area contributed by atoms with Crippen molar-refractivity contribution in [3.63, 3.8) is 0 Å². The van der Waals surface area contributed by atoms with E-state index in [1.54, 1.807) is 0 Å². The van der Waals surface area contributed by atoms with Crippen LogP contribution in [-0.4, -0.2) is 27.8 Å². The number of aryl methyl sites for hydroxylation is 1. The van der Waals surface area contributed by atoms with Crippen LogP contribution in [0, 0.1) is 0 Å². The predicted octanol–water partition coefficient (Wildman–Crippen LogP) is 1.31. The van der Waals surface area contributed by atoms with Crippen molar-refractivity contribution in [2.24, 2.45) is 0 Å². The van der Waals surface area contributed by atoms with E-state index in [4.69, 9.17) is 4.74 Å². The van der Waals surface area contributed by atoms with Crippen LogP contribution in [0.2, 0.25) is 0 Å². The number of ether oxygens (including phenoxy) is 1. The molecule has 2 fully saturated rings. The summed E-state index contributed by atoms with van der Waals surface area (Å²) >= 11 is 0. The van der Waals surface area contributed by atoms with Crippen molar-refractivity contribution in [1.29, 1.82) is 0 Å². The van der Waals surface area contributed by atoms with Gasteiger partial charge in [0.05, 0.1) is 24.2 Å². The number of fused-ring (bicyclic) bond motifs is 2. The molecule has 3 unspecified atom stereocenters. The molecular weight excluding hydrogens is 202 g/mol. The molecule has 2 saturated heterocycles. The van der Waals surface area contributed by atoms with Gasteiger partial charge in [-0.2, -0.15) is 0 Å². The third kappa shape index (κ3) is 1.76. The van der Waals surface area contributed by atoms with Crippen LogP contribution >= 0.6 is 0 Å². The lowest BCUT2D eigenvalue weighted by Gasteiger charge is -2.20. The summed E-state index contributed by atoms with van der Waals surface area (Å²) in [5.74, 6) is 0. The average Bonchev–Trinajstić information content (AvgIpc) is 3.01. The zero-order valence-electron chi connectivity index (χ0n) is 9.72. The van der Waals surface area contributed by atoms with Gasteiger partial charge < -0.3 is 14.6 Å². The molecule has 4 heteroatoms. The van der Waals surface area contributed by atoms with Crippen molar-refractivity contribution in [2.75, 3.05) is 0 Å². The second-order valence-electron chi connectivity index (χ2n) is 4.77. The summed E-state index contributed by atoms with van der Waals surface area (Å²) in [5.41, 5.74) is 1.27. The lowest BCUT2D eigenvalue weighted by molar-refractivity contribution is 0.0972. The van der Waals surface area contributed by atoms with Crippen LogP contribution in [0.1, 0.15) is 31.9 Å². The van der Waals surface area contributed by atoms with Crippen molar-refractivity contribution in [3.8, 4) is 0 Å². The summed E-state index contributed by atoms with van der Waals surface area (Å²) in [6, 6.07) is 0.555. The molecule has 0 aliphatic carbocycles. The summed E-state index contributed by atoms with van der Waals surface area (Å²) < 4.78 is 8.01. The highest BCUT2D eigenvalue weighted by Gasteiger charge is 2.40. The van der Waals surface area contributed by atoms with Crippen LogP contribution in [-0.2, 0) is 17.8 Å². The number of hydrogen-bond acceptors (Lipinski definition) is 3. The van der Waals surface area contributed by atoms with Crippen molar-refractivity contribution in [2.45, 2.75) is 57.5 Å². The molecule has 0 radical (unpaired) electrons. The first-order valence-corrected chi connectivity index (χ1v) is 6.24. The molecule has 2 aliphatic rings. The molecule has 0 aromatic carbocycles. The normalized spacial score (nSPS) is 32.4. The van der Waals surface area contributed by atoms with E-state index < -0.39 is 0 Å². The Hall–Kier alpha value is -0.870. The molecule has 3 atom stereocenters. The van der Waals surface area contributed by atoms with Crippen LogP contribution in [0.3, 0.4) is 0 Å². The summed E-state index contributed by atoms with van der Waals surface area (Å²) in [6.45, 7) is 4.04. The number of nitrogens with one attached hydrogen (secondary N) is 1. The van der Waals surface area contributed by atoms with Gasteiger partial charge in [0, 0.05) is 25.3 Å². The van der Waals surface area contributed by atoms with E-state index in [0.717, 1.165) is 13.1 Å². The van der Waals surface area contributed by atoms with Crippen LogP contribution in [0.15, 0.2) is 12.5 Å². The van der Waals surface area contributed by atoms with Gasteiger partial charge in [0.15, 0.2) is 0 Å². The smallest absolute Gasteiger partial charge is 0.0948 e. The highest BCUT2D eigenvalue weighted by atomic mass is 16.5. The highest BCUT2D eigenvalue weighted by molar-refractivity contribution is 5.00. The minimum absolute atomic E-state index is 0.461. The molecule has 3 heterocycles. The maximum absolute atomic E-state index is 5.83. The summed E-state index contributed by atoms with van der Waals surface area (Å²) in [6.07, 6.45) is 8.51. The molecule has 88 valence electrons. The molecule has 1 aromatic heterocycles. The second kappa shape index (κ2) is 4.18. The quantitative estimate of drug-likeness (QED) is 0.833. The Bertz CT molecular complexity index is 363. The maximum atomic E-state index is 5.83. The molecule has 1 aromatic rings. The zero-order valence-corrected chi connectivity index (χ0v) is 9.72. The molecule has 0 spiro atoms. The number of aromatic nitrogens is 2. The van der Waals surface area contributed by atoms with Crippen LogP contribution in [0.4, 0.5) is 0 Å². The van der Waals surface area contributed by atoms with Gasteiger partial charge in [-0.3, -0.25) is 0 Å². The molecule has 1 N–H and O–H groups in total. The third-order valence-electron chi connectivity index (χ3n) is 3.79. The molecule has 0 saturated carbocycles. The monoisotopic (exact) mass is 221 g/mol. The molecule has 2 bridgehead atoms. The number of nitrogens with zero attached hydrogens (tertiary/aromatic N) is 2. The van der Waals surface area contributed by atoms with Gasteiger partial charge in [-0.25, -0.2) is 4.98 Å². The van der Waals surface area contributed by atoms with Gasteiger partial charge in [0.25, 0.3) is 0 Å². The van der Waals surface area contributed by atoms with Crippen LogP contribution < -0.4 is 5.32 Å². The molecule has 4 nitrogen and oxygen atoms in total. The summed E-state index contributed by atoms with van der Waals surface area (Å²) in [7, 11) is 0. The van der Waals surface area contributed by atoms with Crippen molar-refractivity contribution in [3.05, 3.63) is 18.2 Å². The Kier molecular flexibility index (Phi) is 2.69. The van der Waals surface area contributed by atoms with E-state index in [0.29, 0.717) is 18.2 Å². The standard InChI is InChI=1S/C12H19N3O/c1-2-15-8-13-6-9(15)7-14-11-5-10-3-4-12(11)16-10/h6,8,10-12,14H,2-5,7H2,1H3. The van der Waals surface area contributed by atoms with Gasteiger partial charge in [0.2, 0.25) is 0 Å². The second-order valence-corrected chi connectivity index (χ2v) is 4.77. The minimum Gasteiger partial charge on any atom is -0.373 e. The van der Waals surface area contributed by atoms with Crippen molar-refractivity contribution in [1.82, 2.24) is 14.9 Å². The molecular formula is C12H19N3O. The minimum atomic E-state index is 0.461. The average molecular weight is 221 g/mol. The fraction of sp³-hybridized carbons (Fsp3) is 0.750. The van der Waals surface area contributed by atoms with Crippen molar-refractivity contribution >= 4 is 0 Å². The summed E-state index contributed by atoms with van der Waals surface area (Å²) in [5, 5.41) is 3.60. The first-order valence-electron chi connectivity index (χ1n) is 6.24. The molecule has 2 aliphatic heterocycles. The van der Waals surface area contributed by atoms with E-state index in [2.05, 4.69) is 21.8 Å². The van der Waals surface area contributed by atoms with E-state index >= 15 is 0 Å². The van der Waals surface area contributed by atoms with Gasteiger partial charge >= 0.3 is 0 Å². The number of rotatable bonds is 4. The first kappa shape index (κ1) is 10.3. The topological polar surface area (TPSA) is 39.1 Å². The number of hydrogen-bond donors (Lipinski definition) is 1. The van der Waals surface area contributed by atoms with E-state index in [1.165, 1.54) is 25.0 Å². The maximum Gasteiger partial charge on any atom is 0.0948 e. The summed E-state index contributed by atoms with van der Waals surface area (Å²) in [4.78, 5) is 4.18. The van der Waals surface area contributed by atoms with E-state index in [-0.39, 0.29) is 0 Å². The van der Waals surface area contributed by atoms with Crippen LogP contribution in [0.25, 0.3) is 0 Å². The van der Waals surface area contributed by atoms with Crippen molar-refractivity contribution < 1.29 is 4.74 Å².